The summed E-state index contributed by atoms with van der Waals surface area (Å²) in [6.07, 6.45) is 1.53. The van der Waals surface area contributed by atoms with Crippen molar-refractivity contribution >= 4 is 12.0 Å². The van der Waals surface area contributed by atoms with Gasteiger partial charge in [-0.05, 0) is 23.8 Å². The van der Waals surface area contributed by atoms with E-state index >= 15 is 0 Å². The molecule has 0 saturated carbocycles. The second kappa shape index (κ2) is 5.10. The Hall–Kier alpha value is -1.68. The van der Waals surface area contributed by atoms with Crippen LogP contribution < -0.4 is 0 Å². The first-order valence-corrected chi connectivity index (χ1v) is 5.51. The number of hydrogen-bond acceptors (Lipinski definition) is 2. The zero-order chi connectivity index (χ0) is 12.3. The van der Waals surface area contributed by atoms with E-state index in [-0.39, 0.29) is 5.91 Å². The molecule has 1 heterocycles. The highest BCUT2D eigenvalue weighted by molar-refractivity contribution is 5.94. The largest absolute Gasteiger partial charge is 0.378 e. The number of carbonyl (C=O) groups is 1. The molecule has 0 aromatic heterocycles. The summed E-state index contributed by atoms with van der Waals surface area (Å²) >= 11 is 0. The molecule has 1 aliphatic heterocycles. The molecule has 1 aromatic rings. The fraction of sp³-hybridized carbons (Fsp3) is 0.308. The van der Waals surface area contributed by atoms with E-state index in [4.69, 9.17) is 4.74 Å². The third-order valence-electron chi connectivity index (χ3n) is 2.70. The van der Waals surface area contributed by atoms with E-state index in [2.05, 4.69) is 6.58 Å². The minimum Gasteiger partial charge on any atom is -0.378 e. The zero-order valence-electron chi connectivity index (χ0n) is 9.49. The Balaban J connectivity index is 2.23. The molecule has 1 amide bonds. The van der Waals surface area contributed by atoms with E-state index in [9.17, 15) is 9.18 Å². The van der Waals surface area contributed by atoms with Gasteiger partial charge in [0.25, 0.3) is 5.91 Å². The summed E-state index contributed by atoms with van der Waals surface area (Å²) in [6, 6.07) is 4.25. The molecule has 0 aliphatic carbocycles. The SMILES string of the molecule is C=Cc1cc(F)cc(C(=O)N2CCOCC2)c1. The molecule has 3 nitrogen and oxygen atoms in total. The molecule has 0 spiro atoms. The number of amides is 1. The first-order chi connectivity index (χ1) is 8.20. The molecule has 1 aliphatic rings. The normalized spacial score (nSPS) is 15.7. The lowest BCUT2D eigenvalue weighted by atomic mass is 10.1. The van der Waals surface area contributed by atoms with Crippen LogP contribution in [-0.2, 0) is 4.74 Å². The van der Waals surface area contributed by atoms with Gasteiger partial charge in [0.15, 0.2) is 0 Å². The zero-order valence-corrected chi connectivity index (χ0v) is 9.49. The van der Waals surface area contributed by atoms with Crippen LogP contribution >= 0.6 is 0 Å². The molecule has 2 rings (SSSR count). The summed E-state index contributed by atoms with van der Waals surface area (Å²) in [6.45, 7) is 5.76. The molecule has 17 heavy (non-hydrogen) atoms. The number of carbonyl (C=O) groups excluding carboxylic acids is 1. The third-order valence-corrected chi connectivity index (χ3v) is 2.70. The van der Waals surface area contributed by atoms with Crippen molar-refractivity contribution in [3.05, 3.63) is 41.7 Å². The number of benzene rings is 1. The Morgan fingerprint density at radius 3 is 2.71 bits per heavy atom. The standard InChI is InChI=1S/C13H14FNO2/c1-2-10-7-11(9-12(14)8-10)13(16)15-3-5-17-6-4-15/h2,7-9H,1,3-6H2. The number of ether oxygens (including phenoxy) is 1. The highest BCUT2D eigenvalue weighted by atomic mass is 19.1. The number of halogens is 1. The molecule has 1 aromatic carbocycles. The summed E-state index contributed by atoms with van der Waals surface area (Å²) in [5.41, 5.74) is 0.975. The molecule has 0 atom stereocenters. The molecule has 1 saturated heterocycles. The Morgan fingerprint density at radius 1 is 1.35 bits per heavy atom. The molecule has 0 unspecified atom stereocenters. The van der Waals surface area contributed by atoms with Crippen LogP contribution in [0.2, 0.25) is 0 Å². The van der Waals surface area contributed by atoms with E-state index < -0.39 is 5.82 Å². The van der Waals surface area contributed by atoms with E-state index in [1.807, 2.05) is 0 Å². The second-order valence-corrected chi connectivity index (χ2v) is 3.88. The van der Waals surface area contributed by atoms with Crippen LogP contribution in [0.25, 0.3) is 6.08 Å². The Morgan fingerprint density at radius 2 is 2.06 bits per heavy atom. The smallest absolute Gasteiger partial charge is 0.254 e. The number of nitrogens with zero attached hydrogens (tertiary/aromatic N) is 1. The summed E-state index contributed by atoms with van der Waals surface area (Å²) in [5.74, 6) is -0.574. The maximum atomic E-state index is 13.3. The quantitative estimate of drug-likeness (QED) is 0.784. The summed E-state index contributed by atoms with van der Waals surface area (Å²) in [5, 5.41) is 0. The van der Waals surface area contributed by atoms with E-state index in [1.165, 1.54) is 18.2 Å². The minimum atomic E-state index is -0.418. The van der Waals surface area contributed by atoms with Crippen LogP contribution in [0, 0.1) is 5.82 Å². The van der Waals surface area contributed by atoms with Crippen molar-refractivity contribution in [2.75, 3.05) is 26.3 Å². The van der Waals surface area contributed by atoms with E-state index in [0.29, 0.717) is 37.4 Å². The summed E-state index contributed by atoms with van der Waals surface area (Å²) in [7, 11) is 0. The van der Waals surface area contributed by atoms with Gasteiger partial charge in [-0.15, -0.1) is 0 Å². The molecule has 0 radical (unpaired) electrons. The third kappa shape index (κ3) is 2.71. The monoisotopic (exact) mass is 235 g/mol. The van der Waals surface area contributed by atoms with Crippen LogP contribution in [-0.4, -0.2) is 37.1 Å². The van der Waals surface area contributed by atoms with E-state index in [1.54, 1.807) is 11.0 Å². The fourth-order valence-electron chi connectivity index (χ4n) is 1.80. The Bertz CT molecular complexity index is 439. The Labute approximate surface area is 99.5 Å². The highest BCUT2D eigenvalue weighted by Crippen LogP contribution is 2.13. The van der Waals surface area contributed by atoms with Crippen molar-refractivity contribution in [2.45, 2.75) is 0 Å². The van der Waals surface area contributed by atoms with E-state index in [0.717, 1.165) is 0 Å². The molecule has 4 heteroatoms. The molecule has 0 bridgehead atoms. The van der Waals surface area contributed by atoms with Gasteiger partial charge >= 0.3 is 0 Å². The number of hydrogen-bond donors (Lipinski definition) is 0. The molecular weight excluding hydrogens is 221 g/mol. The van der Waals surface area contributed by atoms with Gasteiger partial charge in [0.05, 0.1) is 13.2 Å². The first-order valence-electron chi connectivity index (χ1n) is 5.51. The lowest BCUT2D eigenvalue weighted by Crippen LogP contribution is -2.40. The van der Waals surface area contributed by atoms with Crippen molar-refractivity contribution in [3.8, 4) is 0 Å². The predicted molar refractivity (Wildman–Crippen MR) is 63.2 cm³/mol. The van der Waals surface area contributed by atoms with Crippen LogP contribution in [0.4, 0.5) is 4.39 Å². The minimum absolute atomic E-state index is 0.157. The van der Waals surface area contributed by atoms with Gasteiger partial charge in [-0.3, -0.25) is 4.79 Å². The van der Waals surface area contributed by atoms with Gasteiger partial charge in [-0.2, -0.15) is 0 Å². The van der Waals surface area contributed by atoms with Gasteiger partial charge in [-0.25, -0.2) is 4.39 Å². The van der Waals surface area contributed by atoms with Crippen LogP contribution in [0.3, 0.4) is 0 Å². The lowest BCUT2D eigenvalue weighted by molar-refractivity contribution is 0.0302. The predicted octanol–water partition coefficient (Wildman–Crippen LogP) is 1.94. The van der Waals surface area contributed by atoms with Crippen LogP contribution in [0.1, 0.15) is 15.9 Å². The van der Waals surface area contributed by atoms with Gasteiger partial charge in [0, 0.05) is 18.7 Å². The number of rotatable bonds is 2. The first kappa shape index (κ1) is 11.8. The fourth-order valence-corrected chi connectivity index (χ4v) is 1.80. The molecular formula is C13H14FNO2. The maximum absolute atomic E-state index is 13.3. The van der Waals surface area contributed by atoms with Crippen molar-refractivity contribution in [1.29, 1.82) is 0 Å². The summed E-state index contributed by atoms with van der Waals surface area (Å²) < 4.78 is 18.5. The van der Waals surface area contributed by atoms with Gasteiger partial charge in [-0.1, -0.05) is 12.7 Å². The Kier molecular flexibility index (Phi) is 3.54. The topological polar surface area (TPSA) is 29.5 Å². The average Bonchev–Trinajstić information content (AvgIpc) is 2.38. The van der Waals surface area contributed by atoms with Crippen LogP contribution in [0.15, 0.2) is 24.8 Å². The average molecular weight is 235 g/mol. The second-order valence-electron chi connectivity index (χ2n) is 3.88. The van der Waals surface area contributed by atoms with Gasteiger partial charge in [0.2, 0.25) is 0 Å². The molecule has 1 fully saturated rings. The molecule has 0 N–H and O–H groups in total. The number of morpholine rings is 1. The van der Waals surface area contributed by atoms with Crippen molar-refractivity contribution in [2.24, 2.45) is 0 Å². The van der Waals surface area contributed by atoms with Gasteiger partial charge < -0.3 is 9.64 Å². The lowest BCUT2D eigenvalue weighted by Gasteiger charge is -2.27. The van der Waals surface area contributed by atoms with Crippen molar-refractivity contribution in [3.63, 3.8) is 0 Å². The van der Waals surface area contributed by atoms with Crippen LogP contribution in [0.5, 0.6) is 0 Å². The van der Waals surface area contributed by atoms with Crippen molar-refractivity contribution in [1.82, 2.24) is 4.90 Å². The highest BCUT2D eigenvalue weighted by Gasteiger charge is 2.19. The van der Waals surface area contributed by atoms with Gasteiger partial charge in [0.1, 0.15) is 5.82 Å². The molecule has 90 valence electrons. The maximum Gasteiger partial charge on any atom is 0.254 e. The van der Waals surface area contributed by atoms with Crippen molar-refractivity contribution < 1.29 is 13.9 Å². The summed E-state index contributed by atoms with van der Waals surface area (Å²) in [4.78, 5) is 13.8.